The van der Waals surface area contributed by atoms with E-state index in [0.717, 1.165) is 19.4 Å². The van der Waals surface area contributed by atoms with Crippen molar-refractivity contribution < 1.29 is 0 Å². The second-order valence-corrected chi connectivity index (χ2v) is 5.73. The largest absolute Gasteiger partial charge is 0.358 e. The molecule has 0 radical (unpaired) electrons. The first-order valence-corrected chi connectivity index (χ1v) is 6.46. The van der Waals surface area contributed by atoms with Crippen LogP contribution in [0.3, 0.4) is 0 Å². The fraction of sp³-hybridized carbons (Fsp3) is 0.467. The van der Waals surface area contributed by atoms with Crippen molar-refractivity contribution in [2.45, 2.75) is 45.7 Å². The molecule has 2 heteroatoms. The summed E-state index contributed by atoms with van der Waals surface area (Å²) in [5.74, 6) is 0. The Balaban J connectivity index is 2.16. The number of aromatic amines is 1. The van der Waals surface area contributed by atoms with Crippen LogP contribution in [0.2, 0.25) is 0 Å². The molecule has 0 aliphatic carbocycles. The van der Waals surface area contributed by atoms with E-state index in [1.54, 1.807) is 0 Å². The Bertz CT molecular complexity index is 564. The number of nitrogens with one attached hydrogen (secondary N) is 2. The molecule has 1 aromatic carbocycles. The molecule has 2 aromatic rings. The number of benzene rings is 1. The molecule has 0 saturated carbocycles. The van der Waals surface area contributed by atoms with Crippen molar-refractivity contribution in [1.82, 2.24) is 10.3 Å². The molecule has 1 aromatic heterocycles. The Morgan fingerprint density at radius 1 is 1.29 bits per heavy atom. The Labute approximate surface area is 102 Å². The number of hydrogen-bond acceptors (Lipinski definition) is 1. The zero-order valence-electron chi connectivity index (χ0n) is 10.9. The lowest BCUT2D eigenvalue weighted by Crippen LogP contribution is -2.44. The molecule has 17 heavy (non-hydrogen) atoms. The van der Waals surface area contributed by atoms with Gasteiger partial charge in [0.05, 0.1) is 0 Å². The van der Waals surface area contributed by atoms with Crippen LogP contribution in [0.4, 0.5) is 0 Å². The van der Waals surface area contributed by atoms with Gasteiger partial charge >= 0.3 is 0 Å². The smallest absolute Gasteiger partial charge is 0.0459 e. The summed E-state index contributed by atoms with van der Waals surface area (Å²) in [6.45, 7) is 7.72. The van der Waals surface area contributed by atoms with Crippen LogP contribution in [0.1, 0.15) is 37.6 Å². The molecule has 3 rings (SSSR count). The number of aryl methyl sites for hydroxylation is 1. The molecule has 0 saturated heterocycles. The number of aromatic nitrogens is 1. The van der Waals surface area contributed by atoms with Crippen molar-refractivity contribution in [3.63, 3.8) is 0 Å². The first-order valence-electron chi connectivity index (χ1n) is 6.46. The molecule has 0 atom stereocenters. The molecule has 2 nitrogen and oxygen atoms in total. The highest BCUT2D eigenvalue weighted by Gasteiger charge is 2.26. The molecule has 1 aliphatic heterocycles. The monoisotopic (exact) mass is 228 g/mol. The van der Waals surface area contributed by atoms with Gasteiger partial charge in [-0.25, -0.2) is 0 Å². The summed E-state index contributed by atoms with van der Waals surface area (Å²) in [4.78, 5) is 3.58. The van der Waals surface area contributed by atoms with E-state index < -0.39 is 0 Å². The van der Waals surface area contributed by atoms with E-state index in [9.17, 15) is 0 Å². The third-order valence-electron chi connectivity index (χ3n) is 3.83. The molecule has 2 N–H and O–H groups in total. The van der Waals surface area contributed by atoms with Gasteiger partial charge in [-0.05, 0) is 43.5 Å². The number of rotatable bonds is 1. The van der Waals surface area contributed by atoms with Crippen LogP contribution in [0, 0.1) is 0 Å². The van der Waals surface area contributed by atoms with Gasteiger partial charge in [0.15, 0.2) is 0 Å². The lowest BCUT2D eigenvalue weighted by atomic mass is 9.91. The van der Waals surface area contributed by atoms with E-state index in [2.05, 4.69) is 49.3 Å². The van der Waals surface area contributed by atoms with Gasteiger partial charge in [-0.2, -0.15) is 0 Å². The molecule has 2 heterocycles. The SMILES string of the molecule is CCc1ccc2[nH]c3c(c2c1)CNC(C)(C)C3. The summed E-state index contributed by atoms with van der Waals surface area (Å²) in [7, 11) is 0. The van der Waals surface area contributed by atoms with Crippen LogP contribution in [0.15, 0.2) is 18.2 Å². The summed E-state index contributed by atoms with van der Waals surface area (Å²) < 4.78 is 0. The number of hydrogen-bond donors (Lipinski definition) is 2. The first-order chi connectivity index (χ1) is 8.09. The highest BCUT2D eigenvalue weighted by Crippen LogP contribution is 2.30. The Kier molecular flexibility index (Phi) is 2.30. The average Bonchev–Trinajstić information content (AvgIpc) is 2.63. The van der Waals surface area contributed by atoms with E-state index in [-0.39, 0.29) is 5.54 Å². The average molecular weight is 228 g/mol. The van der Waals surface area contributed by atoms with E-state index in [4.69, 9.17) is 0 Å². The Morgan fingerprint density at radius 3 is 2.88 bits per heavy atom. The summed E-state index contributed by atoms with van der Waals surface area (Å²) >= 11 is 0. The van der Waals surface area contributed by atoms with Crippen LogP contribution >= 0.6 is 0 Å². The van der Waals surface area contributed by atoms with E-state index in [1.807, 2.05) is 0 Å². The summed E-state index contributed by atoms with van der Waals surface area (Å²) in [5.41, 5.74) is 5.80. The van der Waals surface area contributed by atoms with Crippen LogP contribution in [-0.4, -0.2) is 10.5 Å². The van der Waals surface area contributed by atoms with Crippen LogP contribution in [-0.2, 0) is 19.4 Å². The van der Waals surface area contributed by atoms with Gasteiger partial charge < -0.3 is 10.3 Å². The highest BCUT2D eigenvalue weighted by atomic mass is 15.0. The number of H-pyrrole nitrogens is 1. The van der Waals surface area contributed by atoms with Gasteiger partial charge in [-0.1, -0.05) is 13.0 Å². The lowest BCUT2D eigenvalue weighted by Gasteiger charge is -2.31. The zero-order valence-corrected chi connectivity index (χ0v) is 10.9. The van der Waals surface area contributed by atoms with Gasteiger partial charge in [-0.15, -0.1) is 0 Å². The molecular weight excluding hydrogens is 208 g/mol. The maximum Gasteiger partial charge on any atom is 0.0459 e. The summed E-state index contributed by atoms with van der Waals surface area (Å²) in [5, 5.41) is 5.02. The lowest BCUT2D eigenvalue weighted by molar-refractivity contribution is 0.360. The van der Waals surface area contributed by atoms with E-state index >= 15 is 0 Å². The number of fused-ring (bicyclic) bond motifs is 3. The Hall–Kier alpha value is -1.28. The molecule has 0 amide bonds. The highest BCUT2D eigenvalue weighted by molar-refractivity contribution is 5.85. The minimum absolute atomic E-state index is 0.210. The molecule has 0 fully saturated rings. The van der Waals surface area contributed by atoms with Gasteiger partial charge in [0.25, 0.3) is 0 Å². The summed E-state index contributed by atoms with van der Waals surface area (Å²) in [6, 6.07) is 6.78. The van der Waals surface area contributed by atoms with Crippen molar-refractivity contribution in [2.75, 3.05) is 0 Å². The predicted octanol–water partition coefficient (Wildman–Crippen LogP) is 3.15. The molecular formula is C15H20N2. The second-order valence-electron chi connectivity index (χ2n) is 5.73. The standard InChI is InChI=1S/C15H20N2/c1-4-10-5-6-13-11(7-10)12-9-16-15(2,3)8-14(12)17-13/h5-7,16-17H,4,8-9H2,1-3H3. The van der Waals surface area contributed by atoms with Crippen molar-refractivity contribution in [2.24, 2.45) is 0 Å². The molecule has 90 valence electrons. The molecule has 1 aliphatic rings. The fourth-order valence-corrected chi connectivity index (χ4v) is 2.76. The fourth-order valence-electron chi connectivity index (χ4n) is 2.76. The third-order valence-corrected chi connectivity index (χ3v) is 3.83. The molecule has 0 bridgehead atoms. The normalized spacial score (nSPS) is 18.3. The van der Waals surface area contributed by atoms with Crippen LogP contribution in [0.5, 0.6) is 0 Å². The topological polar surface area (TPSA) is 27.8 Å². The van der Waals surface area contributed by atoms with Gasteiger partial charge in [0.1, 0.15) is 0 Å². The maximum absolute atomic E-state index is 3.61. The van der Waals surface area contributed by atoms with Gasteiger partial charge in [-0.3, -0.25) is 0 Å². The van der Waals surface area contributed by atoms with Crippen LogP contribution in [0.25, 0.3) is 10.9 Å². The van der Waals surface area contributed by atoms with Crippen molar-refractivity contribution >= 4 is 10.9 Å². The van der Waals surface area contributed by atoms with Crippen molar-refractivity contribution in [3.8, 4) is 0 Å². The molecule has 0 unspecified atom stereocenters. The minimum Gasteiger partial charge on any atom is -0.358 e. The van der Waals surface area contributed by atoms with Gasteiger partial charge in [0.2, 0.25) is 0 Å². The Morgan fingerprint density at radius 2 is 2.12 bits per heavy atom. The minimum atomic E-state index is 0.210. The van der Waals surface area contributed by atoms with E-state index in [1.165, 1.54) is 27.7 Å². The maximum atomic E-state index is 3.61. The quantitative estimate of drug-likeness (QED) is 0.771. The zero-order chi connectivity index (χ0) is 12.0. The molecule has 0 spiro atoms. The van der Waals surface area contributed by atoms with Crippen molar-refractivity contribution in [1.29, 1.82) is 0 Å². The van der Waals surface area contributed by atoms with Crippen molar-refractivity contribution in [3.05, 3.63) is 35.0 Å². The van der Waals surface area contributed by atoms with E-state index in [0.29, 0.717) is 0 Å². The predicted molar refractivity (Wildman–Crippen MR) is 72.3 cm³/mol. The second kappa shape index (κ2) is 3.61. The van der Waals surface area contributed by atoms with Crippen LogP contribution < -0.4 is 5.32 Å². The third kappa shape index (κ3) is 1.77. The first kappa shape index (κ1) is 10.8. The summed E-state index contributed by atoms with van der Waals surface area (Å²) in [6.07, 6.45) is 2.19. The van der Waals surface area contributed by atoms with Gasteiger partial charge in [0, 0.05) is 35.1 Å².